The van der Waals surface area contributed by atoms with Crippen molar-refractivity contribution in [2.24, 2.45) is 0 Å². The van der Waals surface area contributed by atoms with Crippen LogP contribution in [0.4, 0.5) is 0 Å². The quantitative estimate of drug-likeness (QED) is 0.870. The number of fused-ring (bicyclic) bond motifs is 1. The first kappa shape index (κ1) is 14.1. The molecule has 3 rings (SSSR count). The van der Waals surface area contributed by atoms with Gasteiger partial charge in [0.05, 0.1) is 17.1 Å². The van der Waals surface area contributed by atoms with Crippen LogP contribution in [-0.4, -0.2) is 29.5 Å². The minimum absolute atomic E-state index is 0.159. The van der Waals surface area contributed by atoms with Gasteiger partial charge in [0.2, 0.25) is 10.0 Å². The molecular formula is C14H17N3O3S. The Morgan fingerprint density at radius 1 is 1.19 bits per heavy atom. The molecule has 21 heavy (non-hydrogen) atoms. The molecule has 112 valence electrons. The van der Waals surface area contributed by atoms with Crippen molar-refractivity contribution in [3.8, 4) is 0 Å². The molecule has 0 saturated heterocycles. The topological polar surface area (TPSA) is 86.0 Å². The summed E-state index contributed by atoms with van der Waals surface area (Å²) in [7, 11) is -3.55. The average molecular weight is 307 g/mol. The molecule has 2 aromatic rings. The van der Waals surface area contributed by atoms with Crippen LogP contribution in [0, 0.1) is 13.8 Å². The number of aryl methyl sites for hydroxylation is 2. The van der Waals surface area contributed by atoms with Gasteiger partial charge in [-0.05, 0) is 31.9 Å². The maximum atomic E-state index is 12.8. The Hall–Kier alpha value is -1.86. The van der Waals surface area contributed by atoms with Gasteiger partial charge in [0.25, 0.3) is 5.56 Å². The molecule has 1 aromatic carbocycles. The summed E-state index contributed by atoms with van der Waals surface area (Å²) in [5.41, 5.74) is 2.92. The zero-order valence-electron chi connectivity index (χ0n) is 11.9. The van der Waals surface area contributed by atoms with E-state index in [1.165, 1.54) is 4.31 Å². The van der Waals surface area contributed by atoms with Crippen molar-refractivity contribution < 1.29 is 8.42 Å². The van der Waals surface area contributed by atoms with E-state index < -0.39 is 10.0 Å². The molecule has 0 spiro atoms. The molecule has 0 radical (unpaired) electrons. The van der Waals surface area contributed by atoms with E-state index >= 15 is 0 Å². The van der Waals surface area contributed by atoms with Gasteiger partial charge in [-0.15, -0.1) is 0 Å². The number of aromatic amines is 2. The number of sulfonamides is 1. The zero-order chi connectivity index (χ0) is 15.2. The van der Waals surface area contributed by atoms with Crippen molar-refractivity contribution in [2.75, 3.05) is 6.54 Å². The smallest absolute Gasteiger partial charge is 0.267 e. The summed E-state index contributed by atoms with van der Waals surface area (Å²) in [4.78, 5) is 11.9. The van der Waals surface area contributed by atoms with E-state index in [9.17, 15) is 13.2 Å². The summed E-state index contributed by atoms with van der Waals surface area (Å²) in [5, 5.41) is 5.27. The van der Waals surface area contributed by atoms with Crippen molar-refractivity contribution in [2.45, 2.75) is 31.7 Å². The molecule has 1 aliphatic rings. The van der Waals surface area contributed by atoms with E-state index in [-0.39, 0.29) is 12.1 Å². The number of aromatic nitrogens is 2. The van der Waals surface area contributed by atoms with Gasteiger partial charge in [-0.25, -0.2) is 8.42 Å². The van der Waals surface area contributed by atoms with E-state index in [2.05, 4.69) is 10.2 Å². The molecule has 0 amide bonds. The molecule has 0 aliphatic carbocycles. The lowest BCUT2D eigenvalue weighted by molar-refractivity contribution is 0.386. The van der Waals surface area contributed by atoms with Crippen molar-refractivity contribution >= 4 is 10.0 Å². The first-order valence-corrected chi connectivity index (χ1v) is 8.19. The van der Waals surface area contributed by atoms with Gasteiger partial charge < -0.3 is 5.10 Å². The Labute approximate surface area is 122 Å². The number of H-pyrrole nitrogens is 2. The van der Waals surface area contributed by atoms with E-state index in [0.29, 0.717) is 29.1 Å². The van der Waals surface area contributed by atoms with Gasteiger partial charge in [-0.2, -0.15) is 4.31 Å². The monoisotopic (exact) mass is 307 g/mol. The lowest BCUT2D eigenvalue weighted by Crippen LogP contribution is -2.37. The van der Waals surface area contributed by atoms with Gasteiger partial charge in [-0.3, -0.25) is 9.89 Å². The lowest BCUT2D eigenvalue weighted by Gasteiger charge is -2.26. The molecule has 7 heteroatoms. The van der Waals surface area contributed by atoms with Crippen LogP contribution in [0.3, 0.4) is 0 Å². The molecule has 0 fully saturated rings. The highest BCUT2D eigenvalue weighted by Gasteiger charge is 2.31. The third-order valence-corrected chi connectivity index (χ3v) is 5.86. The van der Waals surface area contributed by atoms with E-state index in [1.54, 1.807) is 19.1 Å². The minimum Gasteiger partial charge on any atom is -0.301 e. The van der Waals surface area contributed by atoms with Crippen LogP contribution in [0.25, 0.3) is 0 Å². The highest BCUT2D eigenvalue weighted by atomic mass is 32.2. The van der Waals surface area contributed by atoms with Crippen LogP contribution in [0.2, 0.25) is 0 Å². The third-order valence-electron chi connectivity index (χ3n) is 3.86. The average Bonchev–Trinajstić information content (AvgIpc) is 2.79. The van der Waals surface area contributed by atoms with Gasteiger partial charge >= 0.3 is 0 Å². The molecule has 6 nitrogen and oxygen atoms in total. The minimum atomic E-state index is -3.55. The Morgan fingerprint density at radius 3 is 2.67 bits per heavy atom. The largest absolute Gasteiger partial charge is 0.301 e. The molecule has 0 bridgehead atoms. The number of rotatable bonds is 2. The number of nitrogens with one attached hydrogen (secondary N) is 2. The Bertz CT molecular complexity index is 849. The number of hydrogen-bond acceptors (Lipinski definition) is 3. The fraction of sp³-hybridized carbons (Fsp3) is 0.357. The normalized spacial score (nSPS) is 15.9. The van der Waals surface area contributed by atoms with Crippen LogP contribution in [0.5, 0.6) is 0 Å². The molecule has 1 aromatic heterocycles. The molecular weight excluding hydrogens is 290 g/mol. The van der Waals surface area contributed by atoms with E-state index in [1.807, 2.05) is 13.0 Å². The zero-order valence-corrected chi connectivity index (χ0v) is 12.8. The molecule has 2 heterocycles. The predicted molar refractivity (Wildman–Crippen MR) is 78.6 cm³/mol. The molecule has 0 unspecified atom stereocenters. The molecule has 0 saturated carbocycles. The second-order valence-corrected chi connectivity index (χ2v) is 7.30. The molecule has 0 atom stereocenters. The van der Waals surface area contributed by atoms with Gasteiger partial charge in [0.15, 0.2) is 0 Å². The van der Waals surface area contributed by atoms with E-state index in [4.69, 9.17) is 0 Å². The first-order valence-electron chi connectivity index (χ1n) is 6.75. The Morgan fingerprint density at radius 2 is 1.95 bits per heavy atom. The van der Waals surface area contributed by atoms with Crippen LogP contribution in [0.1, 0.15) is 22.4 Å². The Kier molecular flexibility index (Phi) is 3.26. The second kappa shape index (κ2) is 4.85. The summed E-state index contributed by atoms with van der Waals surface area (Å²) < 4.78 is 26.9. The highest BCUT2D eigenvalue weighted by molar-refractivity contribution is 7.89. The number of benzene rings is 1. The number of hydrogen-bond donors (Lipinski definition) is 2. The second-order valence-electron chi connectivity index (χ2n) is 5.39. The summed E-state index contributed by atoms with van der Waals surface area (Å²) in [6, 6.07) is 5.31. The SMILES string of the molecule is Cc1ccc(S(=O)(=O)N2CCc3c([nH][nH]c3=O)C2)c(C)c1. The van der Waals surface area contributed by atoms with Crippen LogP contribution in [0.15, 0.2) is 27.9 Å². The lowest BCUT2D eigenvalue weighted by atomic mass is 10.1. The van der Waals surface area contributed by atoms with Gasteiger partial charge in [-0.1, -0.05) is 17.7 Å². The predicted octanol–water partition coefficient (Wildman–Crippen LogP) is 1.07. The Balaban J connectivity index is 1.98. The third kappa shape index (κ3) is 2.32. The van der Waals surface area contributed by atoms with Gasteiger partial charge in [0.1, 0.15) is 0 Å². The van der Waals surface area contributed by atoms with E-state index in [0.717, 1.165) is 11.1 Å². The molecule has 2 N–H and O–H groups in total. The van der Waals surface area contributed by atoms with Gasteiger partial charge in [0, 0.05) is 12.1 Å². The maximum Gasteiger partial charge on any atom is 0.267 e. The summed E-state index contributed by atoms with van der Waals surface area (Å²) in [5.74, 6) is 0. The standard InChI is InChI=1S/C14H17N3O3S/c1-9-3-4-13(10(2)7-9)21(19,20)17-6-5-11-12(8-17)15-16-14(11)18/h3-4,7H,5-6,8H2,1-2H3,(H2,15,16,18). The summed E-state index contributed by atoms with van der Waals surface area (Å²) in [6.45, 7) is 4.25. The number of nitrogens with zero attached hydrogens (tertiary/aromatic N) is 1. The maximum absolute atomic E-state index is 12.8. The summed E-state index contributed by atoms with van der Waals surface area (Å²) >= 11 is 0. The summed E-state index contributed by atoms with van der Waals surface area (Å²) in [6.07, 6.45) is 0.429. The van der Waals surface area contributed by atoms with Crippen molar-refractivity contribution in [1.82, 2.24) is 14.5 Å². The van der Waals surface area contributed by atoms with Crippen LogP contribution < -0.4 is 5.56 Å². The van der Waals surface area contributed by atoms with Crippen LogP contribution >= 0.6 is 0 Å². The van der Waals surface area contributed by atoms with Crippen molar-refractivity contribution in [3.63, 3.8) is 0 Å². The fourth-order valence-corrected chi connectivity index (χ4v) is 4.36. The first-order chi connectivity index (χ1) is 9.89. The molecule has 1 aliphatic heterocycles. The van der Waals surface area contributed by atoms with Crippen molar-refractivity contribution in [3.05, 3.63) is 50.9 Å². The highest BCUT2D eigenvalue weighted by Crippen LogP contribution is 2.25. The fourth-order valence-electron chi connectivity index (χ4n) is 2.74. The van der Waals surface area contributed by atoms with Crippen molar-refractivity contribution in [1.29, 1.82) is 0 Å². The van der Waals surface area contributed by atoms with Crippen LogP contribution in [-0.2, 0) is 23.0 Å².